The molecule has 8 nitrogen and oxygen atoms in total. The van der Waals surface area contributed by atoms with E-state index in [0.29, 0.717) is 6.42 Å². The number of phenols is 1. The van der Waals surface area contributed by atoms with Crippen LogP contribution in [-0.4, -0.2) is 49.6 Å². The number of benzene rings is 1. The molecule has 0 saturated heterocycles. The van der Waals surface area contributed by atoms with Gasteiger partial charge in [0.1, 0.15) is 17.4 Å². The Hall–Kier alpha value is -2.71. The van der Waals surface area contributed by atoms with E-state index in [-0.39, 0.29) is 29.7 Å². The second-order valence-electron chi connectivity index (χ2n) is 8.59. The number of rotatable bonds is 3. The molecule has 1 aromatic carbocycles. The molecule has 1 amide bonds. The van der Waals surface area contributed by atoms with Gasteiger partial charge in [0.05, 0.1) is 11.7 Å². The van der Waals surface area contributed by atoms with Crippen molar-refractivity contribution in [1.82, 2.24) is 0 Å². The SMILES string of the molecule is CCCc1ccc(O)c2c1C[C@H]1C[C@H]3CC(O)C(C(N)=O)C(=O)[C@@]3(O)C(=O)C1=C2O. The highest BCUT2D eigenvalue weighted by Gasteiger charge is 2.63. The van der Waals surface area contributed by atoms with Gasteiger partial charge < -0.3 is 26.2 Å². The Morgan fingerprint density at radius 3 is 2.57 bits per heavy atom. The number of aryl methyl sites for hydroxylation is 1. The monoisotopic (exact) mass is 415 g/mol. The summed E-state index contributed by atoms with van der Waals surface area (Å²) in [6.07, 6.45) is 0.632. The van der Waals surface area contributed by atoms with E-state index in [1.165, 1.54) is 6.07 Å². The Morgan fingerprint density at radius 2 is 1.93 bits per heavy atom. The largest absolute Gasteiger partial charge is 0.507 e. The summed E-state index contributed by atoms with van der Waals surface area (Å²) in [5, 5.41) is 42.7. The van der Waals surface area contributed by atoms with E-state index in [2.05, 4.69) is 0 Å². The zero-order chi connectivity index (χ0) is 22.0. The molecule has 3 aliphatic carbocycles. The molecule has 5 atom stereocenters. The summed E-state index contributed by atoms with van der Waals surface area (Å²) in [5.41, 5.74) is 4.43. The van der Waals surface area contributed by atoms with Gasteiger partial charge in [0, 0.05) is 11.5 Å². The van der Waals surface area contributed by atoms with Crippen LogP contribution in [0, 0.1) is 17.8 Å². The summed E-state index contributed by atoms with van der Waals surface area (Å²) < 4.78 is 0. The number of carbonyl (C=O) groups is 3. The number of phenolic OH excluding ortho intramolecular Hbond substituents is 1. The fourth-order valence-corrected chi connectivity index (χ4v) is 5.49. The van der Waals surface area contributed by atoms with Crippen LogP contribution >= 0.6 is 0 Å². The van der Waals surface area contributed by atoms with Crippen LogP contribution < -0.4 is 5.73 Å². The van der Waals surface area contributed by atoms with Gasteiger partial charge in [-0.3, -0.25) is 14.4 Å². The predicted molar refractivity (Wildman–Crippen MR) is 105 cm³/mol. The van der Waals surface area contributed by atoms with Crippen LogP contribution in [0.15, 0.2) is 17.7 Å². The van der Waals surface area contributed by atoms with Gasteiger partial charge in [-0.15, -0.1) is 0 Å². The molecule has 0 heterocycles. The standard InChI is InChI=1S/C22H25NO7/c1-2-3-9-4-5-13(24)16-12(9)7-10-6-11-8-14(25)17(21(23)29)20(28)22(11,30)19(27)15(10)18(16)26/h4-5,10-11,14,17,24-26,30H,2-3,6-8H2,1H3,(H2,23,29)/t10-,11+,14?,17?,22+/m1/s1. The summed E-state index contributed by atoms with van der Waals surface area (Å²) in [4.78, 5) is 37.9. The molecular weight excluding hydrogens is 390 g/mol. The zero-order valence-electron chi connectivity index (χ0n) is 16.6. The van der Waals surface area contributed by atoms with Gasteiger partial charge in [0.25, 0.3) is 0 Å². The Balaban J connectivity index is 1.86. The highest BCUT2D eigenvalue weighted by molar-refractivity contribution is 6.24. The summed E-state index contributed by atoms with van der Waals surface area (Å²) in [7, 11) is 0. The molecule has 0 spiro atoms. The molecule has 2 saturated carbocycles. The molecule has 6 N–H and O–H groups in total. The number of hydrogen-bond acceptors (Lipinski definition) is 7. The molecule has 8 heteroatoms. The molecule has 4 rings (SSSR count). The maximum Gasteiger partial charge on any atom is 0.230 e. The number of fused-ring (bicyclic) bond motifs is 3. The number of hydrogen-bond donors (Lipinski definition) is 5. The predicted octanol–water partition coefficient (Wildman–Crippen LogP) is 0.541. The van der Waals surface area contributed by atoms with E-state index >= 15 is 0 Å². The molecule has 160 valence electrons. The minimum atomic E-state index is -2.53. The molecule has 0 aromatic heterocycles. The smallest absolute Gasteiger partial charge is 0.230 e. The van der Waals surface area contributed by atoms with Gasteiger partial charge in [0.15, 0.2) is 11.4 Å². The fourth-order valence-electron chi connectivity index (χ4n) is 5.49. The fraction of sp³-hybridized carbons (Fsp3) is 0.500. The Kier molecular flexibility index (Phi) is 4.74. The van der Waals surface area contributed by atoms with Gasteiger partial charge in [-0.25, -0.2) is 0 Å². The number of aliphatic hydroxyl groups excluding tert-OH is 2. The molecule has 0 radical (unpaired) electrons. The second kappa shape index (κ2) is 6.92. The second-order valence-corrected chi connectivity index (χ2v) is 8.59. The number of nitrogens with two attached hydrogens (primary N) is 1. The number of amides is 1. The molecule has 3 aliphatic rings. The van der Waals surface area contributed by atoms with Crippen LogP contribution in [-0.2, 0) is 27.2 Å². The molecule has 0 aliphatic heterocycles. The lowest BCUT2D eigenvalue weighted by Crippen LogP contribution is -2.66. The first kappa shape index (κ1) is 20.6. The zero-order valence-corrected chi connectivity index (χ0v) is 16.6. The average Bonchev–Trinajstić information content (AvgIpc) is 2.66. The lowest BCUT2D eigenvalue weighted by molar-refractivity contribution is -0.174. The van der Waals surface area contributed by atoms with Crippen LogP contribution in [0.4, 0.5) is 0 Å². The third-order valence-electron chi connectivity index (χ3n) is 6.88. The Labute approximate surface area is 173 Å². The van der Waals surface area contributed by atoms with E-state index in [0.717, 1.165) is 24.0 Å². The molecule has 1 aromatic rings. The van der Waals surface area contributed by atoms with Gasteiger partial charge >= 0.3 is 0 Å². The molecule has 2 fully saturated rings. The average molecular weight is 415 g/mol. The highest BCUT2D eigenvalue weighted by Crippen LogP contribution is 2.51. The van der Waals surface area contributed by atoms with Crippen molar-refractivity contribution in [2.24, 2.45) is 23.5 Å². The first-order chi connectivity index (χ1) is 14.1. The molecule has 30 heavy (non-hydrogen) atoms. The number of primary amides is 1. The van der Waals surface area contributed by atoms with Crippen molar-refractivity contribution >= 4 is 23.2 Å². The van der Waals surface area contributed by atoms with E-state index < -0.39 is 52.7 Å². The van der Waals surface area contributed by atoms with Crippen LogP contribution in [0.25, 0.3) is 5.76 Å². The quantitative estimate of drug-likeness (QED) is 0.451. The molecular formula is C22H25NO7. The first-order valence-electron chi connectivity index (χ1n) is 10.2. The number of ketones is 2. The molecule has 0 bridgehead atoms. The summed E-state index contributed by atoms with van der Waals surface area (Å²) in [6.45, 7) is 2.01. The third kappa shape index (κ3) is 2.63. The van der Waals surface area contributed by atoms with Crippen molar-refractivity contribution in [2.75, 3.05) is 0 Å². The van der Waals surface area contributed by atoms with E-state index in [9.17, 15) is 34.8 Å². The number of Topliss-reactive ketones (excluding diaryl/α,β-unsaturated/α-hetero) is 2. The Morgan fingerprint density at radius 1 is 1.23 bits per heavy atom. The lowest BCUT2D eigenvalue weighted by atomic mass is 9.56. The van der Waals surface area contributed by atoms with Crippen LogP contribution in [0.2, 0.25) is 0 Å². The summed E-state index contributed by atoms with van der Waals surface area (Å²) >= 11 is 0. The summed E-state index contributed by atoms with van der Waals surface area (Å²) in [5.74, 6) is -6.89. The van der Waals surface area contributed by atoms with Gasteiger partial charge in [-0.1, -0.05) is 19.4 Å². The number of aromatic hydroxyl groups is 1. The maximum absolute atomic E-state index is 13.3. The Bertz CT molecular complexity index is 997. The van der Waals surface area contributed by atoms with Gasteiger partial charge in [0.2, 0.25) is 11.7 Å². The normalized spacial score (nSPS) is 33.0. The van der Waals surface area contributed by atoms with Crippen molar-refractivity contribution in [3.05, 3.63) is 34.4 Å². The molecule has 2 unspecified atom stereocenters. The van der Waals surface area contributed by atoms with Crippen molar-refractivity contribution < 1.29 is 34.8 Å². The number of aliphatic hydroxyl groups is 3. The minimum Gasteiger partial charge on any atom is -0.507 e. The topological polar surface area (TPSA) is 158 Å². The lowest BCUT2D eigenvalue weighted by Gasteiger charge is -2.48. The van der Waals surface area contributed by atoms with E-state index in [1.54, 1.807) is 6.07 Å². The highest BCUT2D eigenvalue weighted by atomic mass is 16.3. The third-order valence-corrected chi connectivity index (χ3v) is 6.88. The van der Waals surface area contributed by atoms with Crippen LogP contribution in [0.1, 0.15) is 42.9 Å². The van der Waals surface area contributed by atoms with Gasteiger partial charge in [-0.2, -0.15) is 0 Å². The minimum absolute atomic E-state index is 0.113. The van der Waals surface area contributed by atoms with Gasteiger partial charge in [-0.05, 0) is 48.8 Å². The van der Waals surface area contributed by atoms with Crippen molar-refractivity contribution in [1.29, 1.82) is 0 Å². The van der Waals surface area contributed by atoms with Crippen LogP contribution in [0.3, 0.4) is 0 Å². The summed E-state index contributed by atoms with van der Waals surface area (Å²) in [6, 6.07) is 3.25. The van der Waals surface area contributed by atoms with E-state index in [1.807, 2.05) is 6.92 Å². The van der Waals surface area contributed by atoms with E-state index in [4.69, 9.17) is 5.73 Å². The first-order valence-corrected chi connectivity index (χ1v) is 10.2. The number of carbonyl (C=O) groups excluding carboxylic acids is 3. The maximum atomic E-state index is 13.3. The van der Waals surface area contributed by atoms with Crippen molar-refractivity contribution in [3.63, 3.8) is 0 Å². The van der Waals surface area contributed by atoms with Crippen LogP contribution in [0.5, 0.6) is 5.75 Å². The van der Waals surface area contributed by atoms with Crippen molar-refractivity contribution in [2.45, 2.75) is 50.7 Å². The van der Waals surface area contributed by atoms with Crippen molar-refractivity contribution in [3.8, 4) is 5.75 Å².